The fraction of sp³-hybridized carbons (Fsp3) is 0.583. The van der Waals surface area contributed by atoms with Gasteiger partial charge in [0, 0.05) is 22.8 Å². The molecule has 4 aliphatic rings. The summed E-state index contributed by atoms with van der Waals surface area (Å²) in [7, 11) is 0. The van der Waals surface area contributed by atoms with Gasteiger partial charge in [0.25, 0.3) is 0 Å². The number of rotatable bonds is 2. The molecule has 0 spiro atoms. The molecule has 0 N–H and O–H groups in total. The van der Waals surface area contributed by atoms with Gasteiger partial charge in [0.1, 0.15) is 0 Å². The van der Waals surface area contributed by atoms with Gasteiger partial charge >= 0.3 is 0 Å². The Bertz CT molecular complexity index is 887. The number of hydrogen-bond donors (Lipinski definition) is 0. The lowest BCUT2D eigenvalue weighted by molar-refractivity contribution is 0.251. The van der Waals surface area contributed by atoms with Gasteiger partial charge in [-0.3, -0.25) is 9.80 Å². The third kappa shape index (κ3) is 4.13. The van der Waals surface area contributed by atoms with Gasteiger partial charge in [-0.15, -0.1) is 0 Å². The second-order valence-corrected chi connectivity index (χ2v) is 10.6. The highest BCUT2D eigenvalue weighted by atomic mass is 32.1. The summed E-state index contributed by atoms with van der Waals surface area (Å²) in [5.74, 6) is 6.80. The maximum Gasteiger partial charge on any atom is 0.0975 e. The molecule has 0 atom stereocenters. The minimum absolute atomic E-state index is 0.226. The molecule has 0 radical (unpaired) electrons. The van der Waals surface area contributed by atoms with Crippen LogP contribution in [0.25, 0.3) is 6.08 Å². The van der Waals surface area contributed by atoms with Crippen molar-refractivity contribution in [3.63, 3.8) is 0 Å². The lowest BCUT2D eigenvalue weighted by Crippen LogP contribution is -2.36. The number of hydrogen-bond acceptors (Lipinski definition) is 6. The van der Waals surface area contributed by atoms with Crippen LogP contribution in [0.5, 0.6) is 0 Å². The van der Waals surface area contributed by atoms with Crippen LogP contribution in [-0.4, -0.2) is 55.8 Å². The smallest absolute Gasteiger partial charge is 0.0975 e. The minimum Gasteiger partial charge on any atom is -0.294 e. The Hall–Kier alpha value is -1.52. The maximum atomic E-state index is 4.13. The van der Waals surface area contributed by atoms with Crippen LogP contribution in [0.2, 0.25) is 0 Å². The molecular weight excluding hydrogens is 408 g/mol. The predicted octanol–water partition coefficient (Wildman–Crippen LogP) is 4.91. The average Bonchev–Trinajstić information content (AvgIpc) is 3.56. The van der Waals surface area contributed by atoms with E-state index in [4.69, 9.17) is 0 Å². The number of nitrogens with zero attached hydrogens (tertiary/aromatic N) is 4. The van der Waals surface area contributed by atoms with Crippen molar-refractivity contribution in [2.45, 2.75) is 62.4 Å². The van der Waals surface area contributed by atoms with Crippen molar-refractivity contribution >= 4 is 29.1 Å². The van der Waals surface area contributed by atoms with Gasteiger partial charge in [-0.2, -0.15) is 4.37 Å². The van der Waals surface area contributed by atoms with E-state index >= 15 is 0 Å². The van der Waals surface area contributed by atoms with E-state index in [1.165, 1.54) is 94.0 Å². The Morgan fingerprint density at radius 3 is 2.17 bits per heavy atom. The van der Waals surface area contributed by atoms with Crippen molar-refractivity contribution in [3.8, 4) is 11.8 Å². The molecular formula is C24H30N4S2. The third-order valence-corrected chi connectivity index (χ3v) is 8.59. The summed E-state index contributed by atoms with van der Waals surface area (Å²) in [6.45, 7) is 5.09. The normalized spacial score (nSPS) is 24.3. The monoisotopic (exact) mass is 438 g/mol. The first-order valence-electron chi connectivity index (χ1n) is 11.3. The van der Waals surface area contributed by atoms with Gasteiger partial charge in [0.05, 0.1) is 10.4 Å². The van der Waals surface area contributed by atoms with Gasteiger partial charge in [0.2, 0.25) is 0 Å². The Kier molecular flexibility index (Phi) is 6.06. The van der Waals surface area contributed by atoms with Crippen molar-refractivity contribution in [1.29, 1.82) is 0 Å². The van der Waals surface area contributed by atoms with Crippen molar-refractivity contribution < 1.29 is 0 Å². The minimum atomic E-state index is 0.226. The number of fused-ring (bicyclic) bond motifs is 2. The molecule has 6 heterocycles. The molecule has 0 bridgehead atoms. The second kappa shape index (κ2) is 8.92. The lowest BCUT2D eigenvalue weighted by Gasteiger charge is -2.28. The van der Waals surface area contributed by atoms with Crippen LogP contribution in [0.3, 0.4) is 0 Å². The molecule has 2 aromatic heterocycles. The van der Waals surface area contributed by atoms with E-state index in [0.717, 1.165) is 4.88 Å². The fourth-order valence-electron chi connectivity index (χ4n) is 5.74. The quantitative estimate of drug-likeness (QED) is 0.624. The maximum absolute atomic E-state index is 4.13. The molecule has 0 saturated carbocycles. The zero-order valence-electron chi connectivity index (χ0n) is 17.6. The van der Waals surface area contributed by atoms with Crippen molar-refractivity contribution in [1.82, 2.24) is 18.5 Å². The summed E-state index contributed by atoms with van der Waals surface area (Å²) in [6, 6.07) is 4.09. The van der Waals surface area contributed by atoms with Crippen LogP contribution < -0.4 is 0 Å². The van der Waals surface area contributed by atoms with E-state index in [1.54, 1.807) is 11.5 Å². The van der Waals surface area contributed by atoms with Gasteiger partial charge in [-0.25, -0.2) is 4.37 Å². The van der Waals surface area contributed by atoms with E-state index in [2.05, 4.69) is 48.6 Å². The summed E-state index contributed by atoms with van der Waals surface area (Å²) in [6.07, 6.45) is 19.0. The molecule has 0 amide bonds. The first-order valence-corrected chi connectivity index (χ1v) is 12.9. The summed E-state index contributed by atoms with van der Waals surface area (Å²) >= 11 is 3.08. The van der Waals surface area contributed by atoms with Gasteiger partial charge in [-0.1, -0.05) is 17.9 Å². The van der Waals surface area contributed by atoms with E-state index in [9.17, 15) is 0 Å². The van der Waals surface area contributed by atoms with Gasteiger partial charge in [0.15, 0.2) is 0 Å². The first-order chi connectivity index (χ1) is 14.8. The highest BCUT2D eigenvalue weighted by molar-refractivity contribution is 7.06. The molecule has 0 unspecified atom stereocenters. The second-order valence-electron chi connectivity index (χ2n) is 8.90. The predicted molar refractivity (Wildman–Crippen MR) is 126 cm³/mol. The molecule has 4 aliphatic heterocycles. The van der Waals surface area contributed by atoms with Crippen molar-refractivity contribution in [2.24, 2.45) is 0 Å². The van der Waals surface area contributed by atoms with Crippen LogP contribution >= 0.6 is 23.1 Å². The van der Waals surface area contributed by atoms with Crippen LogP contribution in [0, 0.1) is 11.8 Å². The van der Waals surface area contributed by atoms with E-state index < -0.39 is 0 Å². The summed E-state index contributed by atoms with van der Waals surface area (Å²) in [5, 5.41) is 0. The summed E-state index contributed by atoms with van der Waals surface area (Å²) in [4.78, 5) is 7.61. The average molecular weight is 439 g/mol. The molecule has 4 nitrogen and oxygen atoms in total. The van der Waals surface area contributed by atoms with Crippen LogP contribution in [-0.2, 0) is 0 Å². The summed E-state index contributed by atoms with van der Waals surface area (Å²) in [5.41, 5.74) is 0.633. The standard InChI is InChI=1S/C12H16N2S.C12H14N2S/c2*1-5-12(6-2-10-14(12)9-1)7-3-11-4-8-13-15-11/h3-4,7-8H,1-2,5-6,9-10H2;4,8H,1-2,5-6,9-10H2/b7-3-;. The van der Waals surface area contributed by atoms with Crippen molar-refractivity contribution in [2.75, 3.05) is 26.2 Å². The first kappa shape index (κ1) is 20.4. The summed E-state index contributed by atoms with van der Waals surface area (Å²) < 4.78 is 8.20. The molecule has 6 rings (SSSR count). The molecule has 2 aromatic rings. The zero-order chi connectivity index (χ0) is 20.3. The number of aromatic nitrogens is 2. The fourth-order valence-corrected chi connectivity index (χ4v) is 6.69. The Balaban J connectivity index is 0.000000128. The molecule has 0 aliphatic carbocycles. The Labute approximate surface area is 188 Å². The highest BCUT2D eigenvalue weighted by Gasteiger charge is 2.43. The third-order valence-electron chi connectivity index (χ3n) is 7.22. The Morgan fingerprint density at radius 2 is 1.50 bits per heavy atom. The van der Waals surface area contributed by atoms with Crippen LogP contribution in [0.4, 0.5) is 0 Å². The molecule has 4 fully saturated rings. The van der Waals surface area contributed by atoms with Crippen molar-refractivity contribution in [3.05, 3.63) is 40.4 Å². The van der Waals surface area contributed by atoms with Gasteiger partial charge in [-0.05, 0) is 119 Å². The molecule has 4 saturated heterocycles. The van der Waals surface area contributed by atoms with E-state index in [0.29, 0.717) is 5.54 Å². The molecule has 30 heavy (non-hydrogen) atoms. The molecule has 6 heteroatoms. The zero-order valence-corrected chi connectivity index (χ0v) is 19.2. The Morgan fingerprint density at radius 1 is 0.833 bits per heavy atom. The highest BCUT2D eigenvalue weighted by Crippen LogP contribution is 2.40. The van der Waals surface area contributed by atoms with Gasteiger partial charge < -0.3 is 0 Å². The largest absolute Gasteiger partial charge is 0.294 e. The van der Waals surface area contributed by atoms with E-state index in [-0.39, 0.29) is 5.54 Å². The molecule has 158 valence electrons. The molecule has 0 aromatic carbocycles. The van der Waals surface area contributed by atoms with E-state index in [1.807, 2.05) is 18.5 Å². The lowest BCUT2D eigenvalue weighted by atomic mass is 9.93. The van der Waals surface area contributed by atoms with Crippen LogP contribution in [0.15, 0.2) is 30.6 Å². The topological polar surface area (TPSA) is 32.3 Å². The van der Waals surface area contributed by atoms with Crippen LogP contribution in [0.1, 0.15) is 61.1 Å². The SMILES string of the molecule is C(#CC12CCCN1CCC2)c1ccns1.C(=C/C12CCCN1CCC2)/c1ccns1.